The fraction of sp³-hybridized carbons (Fsp3) is 0.333. The van der Waals surface area contributed by atoms with E-state index in [0.717, 1.165) is 39.3 Å². The van der Waals surface area contributed by atoms with Crippen LogP contribution in [0.4, 0.5) is 5.82 Å². The summed E-state index contributed by atoms with van der Waals surface area (Å²) in [4.78, 5) is 9.30. The minimum atomic E-state index is 0.568. The molecule has 110 valence electrons. The molecule has 0 saturated carbocycles. The molecule has 3 rings (SSSR count). The highest BCUT2D eigenvalue weighted by molar-refractivity contribution is 9.10. The fourth-order valence-corrected chi connectivity index (χ4v) is 2.91. The van der Waals surface area contributed by atoms with Crippen molar-refractivity contribution in [3.8, 4) is 17.1 Å². The normalized spacial score (nSPS) is 13.7. The average Bonchev–Trinajstić information content (AvgIpc) is 2.53. The molecule has 0 aliphatic carbocycles. The number of nitrogens with zero attached hydrogens (tertiary/aromatic N) is 2. The predicted molar refractivity (Wildman–Crippen MR) is 84.6 cm³/mol. The summed E-state index contributed by atoms with van der Waals surface area (Å²) in [5.41, 5.74) is 3.07. The number of methoxy groups -OCH3 is 1. The summed E-state index contributed by atoms with van der Waals surface area (Å²) in [6.07, 6.45) is 0.816. The number of benzene rings is 1. The number of aromatic nitrogens is 2. The lowest BCUT2D eigenvalue weighted by Gasteiger charge is -2.19. The molecule has 1 aromatic carbocycles. The molecule has 1 N–H and O–H groups in total. The van der Waals surface area contributed by atoms with Gasteiger partial charge in [0.15, 0.2) is 5.82 Å². The average molecular weight is 350 g/mol. The van der Waals surface area contributed by atoms with Gasteiger partial charge in [0.05, 0.1) is 30.5 Å². The van der Waals surface area contributed by atoms with E-state index < -0.39 is 0 Å². The number of fused-ring (bicyclic) bond motifs is 1. The first-order chi connectivity index (χ1) is 10.2. The number of hydrogen-bond acceptors (Lipinski definition) is 5. The van der Waals surface area contributed by atoms with E-state index in [1.54, 1.807) is 7.11 Å². The molecule has 2 aromatic rings. The topological polar surface area (TPSA) is 56.3 Å². The summed E-state index contributed by atoms with van der Waals surface area (Å²) in [7, 11) is 3.51. The molecule has 1 aliphatic heterocycles. The van der Waals surface area contributed by atoms with Crippen LogP contribution in [0.3, 0.4) is 0 Å². The Hall–Kier alpha value is -1.66. The van der Waals surface area contributed by atoms with Crippen molar-refractivity contribution in [2.24, 2.45) is 0 Å². The van der Waals surface area contributed by atoms with Crippen LogP contribution in [0, 0.1) is 0 Å². The lowest BCUT2D eigenvalue weighted by molar-refractivity contribution is 0.109. The zero-order valence-electron chi connectivity index (χ0n) is 11.9. The molecule has 6 heteroatoms. The summed E-state index contributed by atoms with van der Waals surface area (Å²) in [6, 6.07) is 5.84. The Balaban J connectivity index is 2.08. The first-order valence-corrected chi connectivity index (χ1v) is 7.51. The third kappa shape index (κ3) is 2.73. The van der Waals surface area contributed by atoms with Gasteiger partial charge in [-0.15, -0.1) is 0 Å². The van der Waals surface area contributed by atoms with E-state index in [4.69, 9.17) is 14.5 Å². The third-order valence-electron chi connectivity index (χ3n) is 3.47. The first kappa shape index (κ1) is 14.3. The second-order valence-electron chi connectivity index (χ2n) is 4.72. The molecule has 0 radical (unpaired) electrons. The van der Waals surface area contributed by atoms with Crippen LogP contribution in [0.2, 0.25) is 0 Å². The highest BCUT2D eigenvalue weighted by Crippen LogP contribution is 2.31. The standard InChI is InChI=1S/C15H16BrN3O2/c1-17-15-10-8-21-6-5-12(10)18-14(19-15)9-3-4-13(20-2)11(16)7-9/h3-4,7H,5-6,8H2,1-2H3,(H,17,18,19). The lowest BCUT2D eigenvalue weighted by atomic mass is 10.1. The first-order valence-electron chi connectivity index (χ1n) is 6.72. The summed E-state index contributed by atoms with van der Waals surface area (Å²) in [5, 5.41) is 3.13. The Morgan fingerprint density at radius 2 is 2.19 bits per heavy atom. The van der Waals surface area contributed by atoms with Gasteiger partial charge in [-0.2, -0.15) is 0 Å². The number of hydrogen-bond donors (Lipinski definition) is 1. The predicted octanol–water partition coefficient (Wildman–Crippen LogP) is 3.03. The SMILES string of the molecule is CNc1nc(-c2ccc(OC)c(Br)c2)nc2c1COCC2. The maximum Gasteiger partial charge on any atom is 0.161 e. The van der Waals surface area contributed by atoms with Gasteiger partial charge < -0.3 is 14.8 Å². The second kappa shape index (κ2) is 5.99. The summed E-state index contributed by atoms with van der Waals surface area (Å²) in [6.45, 7) is 1.27. The zero-order chi connectivity index (χ0) is 14.8. The van der Waals surface area contributed by atoms with E-state index in [0.29, 0.717) is 19.0 Å². The minimum Gasteiger partial charge on any atom is -0.496 e. The third-order valence-corrected chi connectivity index (χ3v) is 4.09. The highest BCUT2D eigenvalue weighted by Gasteiger charge is 2.18. The van der Waals surface area contributed by atoms with Crippen molar-refractivity contribution in [2.75, 3.05) is 26.1 Å². The van der Waals surface area contributed by atoms with Crippen LogP contribution in [0.5, 0.6) is 5.75 Å². The summed E-state index contributed by atoms with van der Waals surface area (Å²) in [5.74, 6) is 2.34. The fourth-order valence-electron chi connectivity index (χ4n) is 2.37. The number of halogens is 1. The molecule has 0 unspecified atom stereocenters. The molecule has 0 bridgehead atoms. The Morgan fingerprint density at radius 1 is 1.33 bits per heavy atom. The van der Waals surface area contributed by atoms with Crippen LogP contribution < -0.4 is 10.1 Å². The molecule has 1 aliphatic rings. The minimum absolute atomic E-state index is 0.568. The van der Waals surface area contributed by atoms with Gasteiger partial charge >= 0.3 is 0 Å². The smallest absolute Gasteiger partial charge is 0.161 e. The van der Waals surface area contributed by atoms with Gasteiger partial charge in [-0.1, -0.05) is 0 Å². The molecule has 0 spiro atoms. The maximum absolute atomic E-state index is 5.49. The van der Waals surface area contributed by atoms with Gasteiger partial charge in [0, 0.05) is 24.6 Å². The van der Waals surface area contributed by atoms with E-state index in [2.05, 4.69) is 26.2 Å². The summed E-state index contributed by atoms with van der Waals surface area (Å²) < 4.78 is 11.6. The van der Waals surface area contributed by atoms with Crippen LogP contribution in [-0.2, 0) is 17.8 Å². The van der Waals surface area contributed by atoms with Gasteiger partial charge in [0.2, 0.25) is 0 Å². The zero-order valence-corrected chi connectivity index (χ0v) is 13.5. The van der Waals surface area contributed by atoms with Gasteiger partial charge in [-0.25, -0.2) is 9.97 Å². The molecule has 1 aromatic heterocycles. The van der Waals surface area contributed by atoms with Gasteiger partial charge in [0.25, 0.3) is 0 Å². The second-order valence-corrected chi connectivity index (χ2v) is 5.58. The van der Waals surface area contributed by atoms with E-state index in [1.165, 1.54) is 0 Å². The summed E-state index contributed by atoms with van der Waals surface area (Å²) >= 11 is 3.50. The van der Waals surface area contributed by atoms with Gasteiger partial charge in [-0.05, 0) is 34.1 Å². The molecular formula is C15H16BrN3O2. The lowest BCUT2D eigenvalue weighted by Crippen LogP contribution is -2.16. The van der Waals surface area contributed by atoms with Crippen molar-refractivity contribution in [2.45, 2.75) is 13.0 Å². The van der Waals surface area contributed by atoms with Crippen molar-refractivity contribution >= 4 is 21.7 Å². The van der Waals surface area contributed by atoms with Crippen molar-refractivity contribution < 1.29 is 9.47 Å². The highest BCUT2D eigenvalue weighted by atomic mass is 79.9. The Morgan fingerprint density at radius 3 is 2.90 bits per heavy atom. The van der Waals surface area contributed by atoms with Crippen LogP contribution >= 0.6 is 15.9 Å². The monoisotopic (exact) mass is 349 g/mol. The number of anilines is 1. The van der Waals surface area contributed by atoms with Crippen LogP contribution in [0.15, 0.2) is 22.7 Å². The molecular weight excluding hydrogens is 334 g/mol. The van der Waals surface area contributed by atoms with Gasteiger partial charge in [-0.3, -0.25) is 0 Å². The number of nitrogens with one attached hydrogen (secondary N) is 1. The quantitative estimate of drug-likeness (QED) is 0.922. The van der Waals surface area contributed by atoms with Crippen molar-refractivity contribution in [3.05, 3.63) is 33.9 Å². The Kier molecular flexibility index (Phi) is 4.07. The Labute approximate surface area is 131 Å². The van der Waals surface area contributed by atoms with Crippen LogP contribution in [-0.4, -0.2) is 30.7 Å². The molecule has 0 fully saturated rings. The molecule has 0 atom stereocenters. The van der Waals surface area contributed by atoms with E-state index in [-0.39, 0.29) is 0 Å². The van der Waals surface area contributed by atoms with E-state index in [9.17, 15) is 0 Å². The Bertz CT molecular complexity index is 659. The molecule has 5 nitrogen and oxygen atoms in total. The van der Waals surface area contributed by atoms with Gasteiger partial charge in [0.1, 0.15) is 11.6 Å². The number of rotatable bonds is 3. The number of ether oxygens (including phenoxy) is 2. The molecule has 21 heavy (non-hydrogen) atoms. The van der Waals surface area contributed by atoms with E-state index >= 15 is 0 Å². The van der Waals surface area contributed by atoms with Crippen molar-refractivity contribution in [1.82, 2.24) is 9.97 Å². The van der Waals surface area contributed by atoms with Crippen LogP contribution in [0.25, 0.3) is 11.4 Å². The molecule has 0 saturated heterocycles. The maximum atomic E-state index is 5.49. The largest absolute Gasteiger partial charge is 0.496 e. The van der Waals surface area contributed by atoms with Crippen molar-refractivity contribution in [3.63, 3.8) is 0 Å². The molecule has 0 amide bonds. The molecule has 2 heterocycles. The van der Waals surface area contributed by atoms with Crippen molar-refractivity contribution in [1.29, 1.82) is 0 Å². The van der Waals surface area contributed by atoms with Crippen LogP contribution in [0.1, 0.15) is 11.3 Å². The van der Waals surface area contributed by atoms with E-state index in [1.807, 2.05) is 25.2 Å².